The predicted octanol–water partition coefficient (Wildman–Crippen LogP) is 3.34. The molecule has 114 valence electrons. The molecule has 1 aromatic carbocycles. The summed E-state index contributed by atoms with van der Waals surface area (Å²) >= 11 is 7.37. The first-order valence-corrected chi connectivity index (χ1v) is 7.58. The topological polar surface area (TPSA) is 59.2 Å². The second kappa shape index (κ2) is 8.34. The zero-order valence-corrected chi connectivity index (χ0v) is 14.0. The maximum atomic E-state index is 12.4. The number of thiazole rings is 1. The van der Waals surface area contributed by atoms with Crippen LogP contribution in [0.2, 0.25) is 5.02 Å². The lowest BCUT2D eigenvalue weighted by molar-refractivity contribution is 0.0747. The lowest BCUT2D eigenvalue weighted by atomic mass is 10.2. The number of nitrogens with zero attached hydrogens (tertiary/aromatic N) is 2. The second-order valence-electron chi connectivity index (χ2n) is 4.28. The van der Waals surface area contributed by atoms with Crippen molar-refractivity contribution in [3.05, 3.63) is 50.9 Å². The first-order chi connectivity index (χ1) is 9.63. The van der Waals surface area contributed by atoms with Gasteiger partial charge in [-0.05, 0) is 24.6 Å². The molecule has 21 heavy (non-hydrogen) atoms. The minimum absolute atomic E-state index is 0. The Labute approximate surface area is 139 Å². The van der Waals surface area contributed by atoms with Gasteiger partial charge < -0.3 is 10.6 Å². The van der Waals surface area contributed by atoms with E-state index in [1.165, 1.54) is 11.3 Å². The lowest BCUT2D eigenvalue weighted by Crippen LogP contribution is -2.30. The Morgan fingerprint density at radius 3 is 2.81 bits per heavy atom. The highest BCUT2D eigenvalue weighted by molar-refractivity contribution is 7.09. The molecule has 0 radical (unpaired) electrons. The monoisotopic (exact) mass is 345 g/mol. The maximum absolute atomic E-state index is 12.4. The third-order valence-electron chi connectivity index (χ3n) is 2.88. The molecule has 7 heteroatoms. The van der Waals surface area contributed by atoms with E-state index in [0.717, 1.165) is 10.6 Å². The van der Waals surface area contributed by atoms with Gasteiger partial charge in [-0.2, -0.15) is 0 Å². The highest BCUT2D eigenvalue weighted by Crippen LogP contribution is 2.16. The van der Waals surface area contributed by atoms with Crippen LogP contribution in [0.5, 0.6) is 0 Å². The minimum atomic E-state index is -0.0802. The molecule has 0 aliphatic heterocycles. The predicted molar refractivity (Wildman–Crippen MR) is 89.1 cm³/mol. The van der Waals surface area contributed by atoms with Crippen LogP contribution in [0.1, 0.15) is 28.0 Å². The van der Waals surface area contributed by atoms with Crippen LogP contribution in [-0.4, -0.2) is 22.3 Å². The van der Waals surface area contributed by atoms with E-state index in [1.54, 1.807) is 10.3 Å². The summed E-state index contributed by atoms with van der Waals surface area (Å²) in [6.07, 6.45) is 0. The summed E-state index contributed by atoms with van der Waals surface area (Å²) < 4.78 is 0. The SMILES string of the molecule is CCN(Cc1cccc(Cl)c1)C(=O)c1csc(CN)n1.Cl. The highest BCUT2D eigenvalue weighted by atomic mass is 35.5. The molecule has 2 aromatic rings. The van der Waals surface area contributed by atoms with Crippen LogP contribution in [0, 0.1) is 0 Å². The van der Waals surface area contributed by atoms with E-state index in [9.17, 15) is 4.79 Å². The quantitative estimate of drug-likeness (QED) is 0.903. The molecule has 0 unspecified atom stereocenters. The van der Waals surface area contributed by atoms with Gasteiger partial charge in [0.1, 0.15) is 10.7 Å². The van der Waals surface area contributed by atoms with Crippen molar-refractivity contribution in [2.75, 3.05) is 6.54 Å². The van der Waals surface area contributed by atoms with Crippen molar-refractivity contribution in [3.8, 4) is 0 Å². The molecule has 0 saturated heterocycles. The van der Waals surface area contributed by atoms with Crippen molar-refractivity contribution in [1.82, 2.24) is 9.88 Å². The zero-order valence-electron chi connectivity index (χ0n) is 11.6. The fourth-order valence-corrected chi connectivity index (χ4v) is 2.71. The number of carbonyl (C=O) groups excluding carboxylic acids is 1. The Bertz CT molecular complexity index is 603. The number of hydrogen-bond donors (Lipinski definition) is 1. The largest absolute Gasteiger partial charge is 0.333 e. The van der Waals surface area contributed by atoms with E-state index in [1.807, 2.05) is 31.2 Å². The van der Waals surface area contributed by atoms with E-state index in [4.69, 9.17) is 17.3 Å². The molecule has 2 rings (SSSR count). The van der Waals surface area contributed by atoms with Gasteiger partial charge in [-0.1, -0.05) is 23.7 Å². The van der Waals surface area contributed by atoms with Crippen LogP contribution in [0.25, 0.3) is 0 Å². The highest BCUT2D eigenvalue weighted by Gasteiger charge is 2.17. The van der Waals surface area contributed by atoms with Crippen molar-refractivity contribution in [2.24, 2.45) is 5.73 Å². The van der Waals surface area contributed by atoms with Gasteiger partial charge in [-0.3, -0.25) is 4.79 Å². The fraction of sp³-hybridized carbons (Fsp3) is 0.286. The van der Waals surface area contributed by atoms with Crippen LogP contribution < -0.4 is 5.73 Å². The van der Waals surface area contributed by atoms with Crippen molar-refractivity contribution < 1.29 is 4.79 Å². The van der Waals surface area contributed by atoms with E-state index < -0.39 is 0 Å². The second-order valence-corrected chi connectivity index (χ2v) is 5.66. The zero-order chi connectivity index (χ0) is 14.5. The summed E-state index contributed by atoms with van der Waals surface area (Å²) in [7, 11) is 0. The average molecular weight is 346 g/mol. The number of aromatic nitrogens is 1. The van der Waals surface area contributed by atoms with E-state index in [-0.39, 0.29) is 18.3 Å². The standard InChI is InChI=1S/C14H16ClN3OS.ClH/c1-2-18(8-10-4-3-5-11(15)6-10)14(19)12-9-20-13(7-16)17-12;/h3-6,9H,2,7-8,16H2,1H3;1H. The number of amides is 1. The molecule has 0 atom stereocenters. The number of nitrogens with two attached hydrogens (primary N) is 1. The number of hydrogen-bond acceptors (Lipinski definition) is 4. The van der Waals surface area contributed by atoms with E-state index in [0.29, 0.717) is 30.4 Å². The van der Waals surface area contributed by atoms with Crippen molar-refractivity contribution in [2.45, 2.75) is 20.0 Å². The molecule has 1 heterocycles. The number of halogens is 2. The van der Waals surface area contributed by atoms with Gasteiger partial charge in [0, 0.05) is 30.0 Å². The lowest BCUT2D eigenvalue weighted by Gasteiger charge is -2.20. The van der Waals surface area contributed by atoms with Gasteiger partial charge in [-0.25, -0.2) is 4.98 Å². The summed E-state index contributed by atoms with van der Waals surface area (Å²) in [5, 5.41) is 3.20. The van der Waals surface area contributed by atoms with Crippen LogP contribution in [0.3, 0.4) is 0 Å². The maximum Gasteiger partial charge on any atom is 0.273 e. The number of rotatable bonds is 5. The van der Waals surface area contributed by atoms with Crippen molar-refractivity contribution in [1.29, 1.82) is 0 Å². The van der Waals surface area contributed by atoms with Crippen molar-refractivity contribution >= 4 is 41.3 Å². The molecule has 1 amide bonds. The van der Waals surface area contributed by atoms with Gasteiger partial charge in [0.15, 0.2) is 0 Å². The smallest absolute Gasteiger partial charge is 0.273 e. The van der Waals surface area contributed by atoms with Gasteiger partial charge >= 0.3 is 0 Å². The van der Waals surface area contributed by atoms with Gasteiger partial charge in [-0.15, -0.1) is 23.7 Å². The molecule has 4 nitrogen and oxygen atoms in total. The van der Waals surface area contributed by atoms with Crippen LogP contribution in [-0.2, 0) is 13.1 Å². The van der Waals surface area contributed by atoms with Crippen LogP contribution in [0.4, 0.5) is 0 Å². The summed E-state index contributed by atoms with van der Waals surface area (Å²) in [6.45, 7) is 3.43. The molecule has 1 aromatic heterocycles. The van der Waals surface area contributed by atoms with Crippen molar-refractivity contribution in [3.63, 3.8) is 0 Å². The molecule has 0 fully saturated rings. The van der Waals surface area contributed by atoms with Gasteiger partial charge in [0.25, 0.3) is 5.91 Å². The minimum Gasteiger partial charge on any atom is -0.333 e. The molecule has 0 saturated carbocycles. The molecule has 0 spiro atoms. The Morgan fingerprint density at radius 1 is 1.48 bits per heavy atom. The molecule has 0 aliphatic rings. The Balaban J connectivity index is 0.00000220. The summed E-state index contributed by atoms with van der Waals surface area (Å²) in [4.78, 5) is 18.4. The number of benzene rings is 1. The Morgan fingerprint density at radius 2 is 2.24 bits per heavy atom. The third-order valence-corrected chi connectivity index (χ3v) is 3.98. The Hall–Kier alpha value is -1.14. The summed E-state index contributed by atoms with van der Waals surface area (Å²) in [5.41, 5.74) is 6.98. The first-order valence-electron chi connectivity index (χ1n) is 6.32. The van der Waals surface area contributed by atoms with E-state index >= 15 is 0 Å². The van der Waals surface area contributed by atoms with Crippen LogP contribution in [0.15, 0.2) is 29.6 Å². The fourth-order valence-electron chi connectivity index (χ4n) is 1.85. The summed E-state index contributed by atoms with van der Waals surface area (Å²) in [6, 6.07) is 7.51. The first kappa shape index (κ1) is 17.9. The van der Waals surface area contributed by atoms with Gasteiger partial charge in [0.05, 0.1) is 0 Å². The van der Waals surface area contributed by atoms with E-state index in [2.05, 4.69) is 4.98 Å². The summed E-state index contributed by atoms with van der Waals surface area (Å²) in [5.74, 6) is -0.0802. The molecular weight excluding hydrogens is 329 g/mol. The molecule has 0 aliphatic carbocycles. The third kappa shape index (κ3) is 4.68. The number of carbonyl (C=O) groups is 1. The Kier molecular flexibility index (Phi) is 7.11. The van der Waals surface area contributed by atoms with Crippen LogP contribution >= 0.6 is 35.3 Å². The average Bonchev–Trinajstić information content (AvgIpc) is 2.93. The molecular formula is C14H17Cl2N3OS. The normalized spacial score (nSPS) is 10.0. The van der Waals surface area contributed by atoms with Gasteiger partial charge in [0.2, 0.25) is 0 Å². The molecule has 2 N–H and O–H groups in total. The molecule has 0 bridgehead atoms.